The second kappa shape index (κ2) is 11.7. The first-order chi connectivity index (χ1) is 17.7. The molecule has 0 radical (unpaired) electrons. The van der Waals surface area contributed by atoms with E-state index in [0.29, 0.717) is 33.5 Å². The highest BCUT2D eigenvalue weighted by Gasteiger charge is 2.27. The van der Waals surface area contributed by atoms with E-state index in [2.05, 4.69) is 27.2 Å². The molecule has 1 aromatic heterocycles. The van der Waals surface area contributed by atoms with Crippen LogP contribution in [0, 0.1) is 11.8 Å². The smallest absolute Gasteiger partial charge is 0.272 e. The van der Waals surface area contributed by atoms with Gasteiger partial charge in [-0.3, -0.25) is 9.69 Å². The normalized spacial score (nSPS) is 14.2. The molecule has 0 unspecified atom stereocenters. The lowest BCUT2D eigenvalue weighted by Crippen LogP contribution is -2.41. The van der Waals surface area contributed by atoms with Crippen molar-refractivity contribution in [3.63, 3.8) is 0 Å². The van der Waals surface area contributed by atoms with Crippen LogP contribution in [0.25, 0.3) is 16.9 Å². The molecule has 37 heavy (non-hydrogen) atoms. The van der Waals surface area contributed by atoms with Crippen LogP contribution < -0.4 is 5.32 Å². The number of hydrogen-bond donors (Lipinski definition) is 2. The summed E-state index contributed by atoms with van der Waals surface area (Å²) >= 11 is 12.8. The van der Waals surface area contributed by atoms with E-state index in [1.807, 2.05) is 45.0 Å². The average Bonchev–Trinajstić information content (AvgIpc) is 3.24. The highest BCUT2D eigenvalue weighted by Crippen LogP contribution is 2.33. The van der Waals surface area contributed by atoms with Crippen LogP contribution >= 0.6 is 23.2 Å². The molecule has 7 nitrogen and oxygen atoms in total. The number of aliphatic hydroxyl groups excluding tert-OH is 1. The Balaban J connectivity index is 1.74. The van der Waals surface area contributed by atoms with Crippen LogP contribution in [-0.2, 0) is 11.3 Å². The molecule has 2 aromatic carbocycles. The molecule has 1 amide bonds. The van der Waals surface area contributed by atoms with Gasteiger partial charge in [-0.15, -0.1) is 0 Å². The van der Waals surface area contributed by atoms with Crippen molar-refractivity contribution in [3.05, 3.63) is 69.3 Å². The number of morpholine rings is 1. The number of ether oxygens (including phenoxy) is 1. The maximum atomic E-state index is 13.1. The van der Waals surface area contributed by atoms with Crippen LogP contribution in [0.1, 0.15) is 42.4 Å². The lowest BCUT2D eigenvalue weighted by atomic mass is 10.0. The zero-order valence-electron chi connectivity index (χ0n) is 21.1. The number of aromatic nitrogens is 2. The first kappa shape index (κ1) is 27.2. The number of carbonyl (C=O) groups is 1. The van der Waals surface area contributed by atoms with E-state index in [-0.39, 0.29) is 18.2 Å². The minimum absolute atomic E-state index is 0.132. The van der Waals surface area contributed by atoms with E-state index in [9.17, 15) is 9.90 Å². The molecular formula is C28H30Cl2N4O3. The lowest BCUT2D eigenvalue weighted by Gasteiger charge is -2.24. The van der Waals surface area contributed by atoms with E-state index >= 15 is 0 Å². The fraction of sp³-hybridized carbons (Fsp3) is 0.357. The van der Waals surface area contributed by atoms with E-state index < -0.39 is 5.54 Å². The van der Waals surface area contributed by atoms with Crippen molar-refractivity contribution >= 4 is 29.1 Å². The summed E-state index contributed by atoms with van der Waals surface area (Å²) in [6.45, 7) is 9.14. The summed E-state index contributed by atoms with van der Waals surface area (Å²) in [5, 5.41) is 18.9. The first-order valence-electron chi connectivity index (χ1n) is 12.1. The Bertz CT molecular complexity index is 1330. The van der Waals surface area contributed by atoms with Crippen LogP contribution in [0.5, 0.6) is 0 Å². The van der Waals surface area contributed by atoms with E-state index in [4.69, 9.17) is 27.9 Å². The Morgan fingerprint density at radius 3 is 2.46 bits per heavy atom. The van der Waals surface area contributed by atoms with Crippen molar-refractivity contribution in [2.45, 2.75) is 32.9 Å². The largest absolute Gasteiger partial charge is 0.392 e. The highest BCUT2D eigenvalue weighted by atomic mass is 35.5. The second-order valence-corrected chi connectivity index (χ2v) is 10.7. The molecule has 0 aliphatic carbocycles. The van der Waals surface area contributed by atoms with Crippen molar-refractivity contribution in [2.24, 2.45) is 0 Å². The monoisotopic (exact) mass is 540 g/mol. The predicted octanol–water partition coefficient (Wildman–Crippen LogP) is 4.55. The van der Waals surface area contributed by atoms with Gasteiger partial charge >= 0.3 is 0 Å². The summed E-state index contributed by atoms with van der Waals surface area (Å²) in [5.41, 5.74) is 2.69. The molecule has 194 valence electrons. The number of benzene rings is 2. The SMILES string of the molecule is CC(C)(C)NC(=O)c1nn(-c2ccc(C#CCN3CCOCC3)cc2Cl)c(-c2ccc(Cl)cc2)c1CO. The number of carbonyl (C=O) groups excluding carboxylic acids is 1. The molecule has 1 aliphatic rings. The Morgan fingerprint density at radius 2 is 1.84 bits per heavy atom. The van der Waals surface area contributed by atoms with Crippen molar-refractivity contribution in [3.8, 4) is 28.8 Å². The molecule has 1 fully saturated rings. The third-order valence-corrected chi connectivity index (χ3v) is 6.33. The van der Waals surface area contributed by atoms with Gasteiger partial charge in [0.25, 0.3) is 5.91 Å². The van der Waals surface area contributed by atoms with Crippen LogP contribution in [0.2, 0.25) is 10.0 Å². The Kier molecular flexibility index (Phi) is 8.58. The summed E-state index contributed by atoms with van der Waals surface area (Å²) < 4.78 is 6.97. The third kappa shape index (κ3) is 6.72. The van der Waals surface area contributed by atoms with Crippen molar-refractivity contribution in [1.82, 2.24) is 20.0 Å². The van der Waals surface area contributed by atoms with Gasteiger partial charge in [0.05, 0.1) is 42.8 Å². The summed E-state index contributed by atoms with van der Waals surface area (Å²) in [6.07, 6.45) is 0. The third-order valence-electron chi connectivity index (χ3n) is 5.78. The molecule has 0 atom stereocenters. The number of aliphatic hydroxyl groups is 1. The predicted molar refractivity (Wildman–Crippen MR) is 146 cm³/mol. The van der Waals surface area contributed by atoms with Gasteiger partial charge in [-0.1, -0.05) is 47.2 Å². The molecular weight excluding hydrogens is 511 g/mol. The number of hydrogen-bond acceptors (Lipinski definition) is 5. The fourth-order valence-corrected chi connectivity index (χ4v) is 4.42. The Morgan fingerprint density at radius 1 is 1.14 bits per heavy atom. The summed E-state index contributed by atoms with van der Waals surface area (Å²) in [4.78, 5) is 15.4. The summed E-state index contributed by atoms with van der Waals surface area (Å²) in [5.74, 6) is 5.99. The molecule has 1 saturated heterocycles. The molecule has 0 saturated carbocycles. The zero-order valence-corrected chi connectivity index (χ0v) is 22.7. The van der Waals surface area contributed by atoms with E-state index in [0.717, 1.165) is 37.4 Å². The fourth-order valence-electron chi connectivity index (χ4n) is 4.03. The molecule has 1 aliphatic heterocycles. The Hall–Kier alpha value is -2.86. The van der Waals surface area contributed by atoms with Gasteiger partial charge in [0, 0.05) is 40.3 Å². The van der Waals surface area contributed by atoms with Gasteiger partial charge in [0.15, 0.2) is 5.69 Å². The minimum Gasteiger partial charge on any atom is -0.392 e. The van der Waals surface area contributed by atoms with Crippen LogP contribution in [0.3, 0.4) is 0 Å². The number of rotatable bonds is 5. The average molecular weight is 541 g/mol. The number of amides is 1. The van der Waals surface area contributed by atoms with Crippen molar-refractivity contribution < 1.29 is 14.6 Å². The van der Waals surface area contributed by atoms with Crippen LogP contribution in [-0.4, -0.2) is 64.1 Å². The van der Waals surface area contributed by atoms with Crippen molar-refractivity contribution in [2.75, 3.05) is 32.8 Å². The van der Waals surface area contributed by atoms with E-state index in [1.165, 1.54) is 0 Å². The maximum Gasteiger partial charge on any atom is 0.272 e. The van der Waals surface area contributed by atoms with Crippen LogP contribution in [0.4, 0.5) is 0 Å². The summed E-state index contributed by atoms with van der Waals surface area (Å²) in [7, 11) is 0. The molecule has 0 bridgehead atoms. The zero-order chi connectivity index (χ0) is 26.6. The molecule has 2 N–H and O–H groups in total. The van der Waals surface area contributed by atoms with Gasteiger partial charge in [-0.2, -0.15) is 5.10 Å². The van der Waals surface area contributed by atoms with Gasteiger partial charge in [0.2, 0.25) is 0 Å². The molecule has 4 rings (SSSR count). The van der Waals surface area contributed by atoms with Crippen molar-refractivity contribution in [1.29, 1.82) is 0 Å². The standard InChI is InChI=1S/C28H30Cl2N4O3/c1-28(2,3)31-27(36)25-22(18-35)26(20-7-9-21(29)10-8-20)34(32-25)24-11-6-19(17-23(24)30)5-4-12-33-13-15-37-16-14-33/h6-11,17,35H,12-16,18H2,1-3H3,(H,31,36). The van der Waals surface area contributed by atoms with Gasteiger partial charge in [-0.05, 0) is 51.1 Å². The molecule has 9 heteroatoms. The van der Waals surface area contributed by atoms with Gasteiger partial charge in [0.1, 0.15) is 0 Å². The number of nitrogens with zero attached hydrogens (tertiary/aromatic N) is 3. The van der Waals surface area contributed by atoms with Crippen LogP contribution in [0.15, 0.2) is 42.5 Å². The molecule has 0 spiro atoms. The Labute approximate surface area is 227 Å². The lowest BCUT2D eigenvalue weighted by molar-refractivity contribution is 0.0443. The minimum atomic E-state index is -0.479. The quantitative estimate of drug-likeness (QED) is 0.464. The number of nitrogens with one attached hydrogen (secondary N) is 1. The highest BCUT2D eigenvalue weighted by molar-refractivity contribution is 6.32. The van der Waals surface area contributed by atoms with E-state index in [1.54, 1.807) is 22.9 Å². The maximum absolute atomic E-state index is 13.1. The molecule has 2 heterocycles. The van der Waals surface area contributed by atoms with Gasteiger partial charge in [-0.25, -0.2) is 4.68 Å². The topological polar surface area (TPSA) is 79.6 Å². The summed E-state index contributed by atoms with van der Waals surface area (Å²) in [6, 6.07) is 12.6. The van der Waals surface area contributed by atoms with Gasteiger partial charge < -0.3 is 15.2 Å². The number of halogens is 2. The second-order valence-electron chi connectivity index (χ2n) is 9.81. The molecule has 3 aromatic rings. The first-order valence-corrected chi connectivity index (χ1v) is 12.8.